The molecule has 1 rings (SSSR count). The van der Waals surface area contributed by atoms with Crippen LogP contribution in [-0.4, -0.2) is 41.6 Å². The standard InChI is InChI=1S/C10H14N2O3/c1-3-4-11-10(15)12-5-7(2)8(6-12)9(13)14/h1,7-8H,4-6H2,2H3,(H,11,15)(H,13,14)/t7-,8-/m1/s1. The van der Waals surface area contributed by atoms with Crippen molar-refractivity contribution in [2.75, 3.05) is 19.6 Å². The van der Waals surface area contributed by atoms with Gasteiger partial charge in [0.2, 0.25) is 0 Å². The van der Waals surface area contributed by atoms with Crippen molar-refractivity contribution in [1.82, 2.24) is 10.2 Å². The maximum Gasteiger partial charge on any atom is 0.318 e. The molecule has 15 heavy (non-hydrogen) atoms. The third-order valence-corrected chi connectivity index (χ3v) is 2.56. The van der Waals surface area contributed by atoms with Crippen molar-refractivity contribution in [3.8, 4) is 12.3 Å². The van der Waals surface area contributed by atoms with Gasteiger partial charge in [-0.3, -0.25) is 4.79 Å². The Kier molecular flexibility index (Phi) is 3.56. The first-order valence-corrected chi connectivity index (χ1v) is 4.75. The second kappa shape index (κ2) is 4.69. The molecule has 5 nitrogen and oxygen atoms in total. The molecule has 2 amide bonds. The van der Waals surface area contributed by atoms with Gasteiger partial charge in [-0.1, -0.05) is 12.8 Å². The molecule has 1 aliphatic heterocycles. The van der Waals surface area contributed by atoms with Gasteiger partial charge >= 0.3 is 12.0 Å². The second-order valence-electron chi connectivity index (χ2n) is 3.69. The summed E-state index contributed by atoms with van der Waals surface area (Å²) in [6, 6.07) is -0.288. The van der Waals surface area contributed by atoms with Crippen LogP contribution in [0.2, 0.25) is 0 Å². The number of carbonyl (C=O) groups is 2. The number of hydrogen-bond donors (Lipinski definition) is 2. The fourth-order valence-electron chi connectivity index (χ4n) is 1.69. The molecule has 0 aliphatic carbocycles. The zero-order chi connectivity index (χ0) is 11.4. The third kappa shape index (κ3) is 2.62. The van der Waals surface area contributed by atoms with E-state index >= 15 is 0 Å². The summed E-state index contributed by atoms with van der Waals surface area (Å²) in [6.45, 7) is 2.72. The SMILES string of the molecule is C#CCNC(=O)N1C[C@@H](C)[C@H](C(=O)O)C1. The molecule has 0 unspecified atom stereocenters. The number of nitrogens with zero attached hydrogens (tertiary/aromatic N) is 1. The number of hydrogen-bond acceptors (Lipinski definition) is 2. The van der Waals surface area contributed by atoms with Gasteiger partial charge in [0.15, 0.2) is 0 Å². The molecule has 0 aromatic heterocycles. The molecule has 0 spiro atoms. The van der Waals surface area contributed by atoms with Gasteiger partial charge in [-0.05, 0) is 5.92 Å². The average molecular weight is 210 g/mol. The molecule has 2 N–H and O–H groups in total. The van der Waals surface area contributed by atoms with Crippen LogP contribution >= 0.6 is 0 Å². The van der Waals surface area contributed by atoms with Gasteiger partial charge in [0, 0.05) is 13.1 Å². The number of rotatable bonds is 2. The van der Waals surface area contributed by atoms with Crippen molar-refractivity contribution in [3.05, 3.63) is 0 Å². The number of nitrogens with one attached hydrogen (secondary N) is 1. The first kappa shape index (κ1) is 11.4. The van der Waals surface area contributed by atoms with Crippen LogP contribution in [0.4, 0.5) is 4.79 Å². The van der Waals surface area contributed by atoms with Crippen LogP contribution in [0.25, 0.3) is 0 Å². The Labute approximate surface area is 88.4 Å². The molecule has 0 saturated carbocycles. The van der Waals surface area contributed by atoms with Gasteiger partial charge in [-0.2, -0.15) is 0 Å². The maximum atomic E-state index is 11.4. The van der Waals surface area contributed by atoms with E-state index in [1.54, 1.807) is 0 Å². The Morgan fingerprint density at radius 1 is 1.60 bits per heavy atom. The molecule has 0 aromatic rings. The molecule has 5 heteroatoms. The van der Waals surface area contributed by atoms with Gasteiger partial charge < -0.3 is 15.3 Å². The molecule has 0 aromatic carbocycles. The van der Waals surface area contributed by atoms with E-state index in [1.165, 1.54) is 4.90 Å². The van der Waals surface area contributed by atoms with Crippen molar-refractivity contribution in [2.45, 2.75) is 6.92 Å². The van der Waals surface area contributed by atoms with E-state index in [2.05, 4.69) is 11.2 Å². The minimum atomic E-state index is -0.852. The van der Waals surface area contributed by atoms with Gasteiger partial charge in [-0.15, -0.1) is 6.42 Å². The Morgan fingerprint density at radius 3 is 2.73 bits per heavy atom. The zero-order valence-corrected chi connectivity index (χ0v) is 8.56. The van der Waals surface area contributed by atoms with Gasteiger partial charge in [-0.25, -0.2) is 4.79 Å². The number of carboxylic acid groups (broad SMARTS) is 1. The summed E-state index contributed by atoms with van der Waals surface area (Å²) in [7, 11) is 0. The highest BCUT2D eigenvalue weighted by Gasteiger charge is 2.36. The summed E-state index contributed by atoms with van der Waals surface area (Å²) in [5, 5.41) is 11.4. The summed E-state index contributed by atoms with van der Waals surface area (Å²) in [4.78, 5) is 23.7. The molecule has 2 atom stereocenters. The number of carboxylic acids is 1. The topological polar surface area (TPSA) is 69.6 Å². The normalized spacial score (nSPS) is 24.7. The summed E-state index contributed by atoms with van der Waals surface area (Å²) in [6.07, 6.45) is 5.00. The fraction of sp³-hybridized carbons (Fsp3) is 0.600. The molecule has 82 valence electrons. The van der Waals surface area contributed by atoms with Crippen molar-refractivity contribution in [3.63, 3.8) is 0 Å². The average Bonchev–Trinajstić information content (AvgIpc) is 2.56. The van der Waals surface area contributed by atoms with Crippen molar-refractivity contribution >= 4 is 12.0 Å². The molecule has 0 bridgehead atoms. The molecular weight excluding hydrogens is 196 g/mol. The lowest BCUT2D eigenvalue weighted by Gasteiger charge is -2.15. The maximum absolute atomic E-state index is 11.4. The number of terminal acetylenes is 1. The molecular formula is C10H14N2O3. The Bertz CT molecular complexity index is 308. The summed E-state index contributed by atoms with van der Waals surface area (Å²) >= 11 is 0. The Hall–Kier alpha value is -1.70. The number of carbonyl (C=O) groups excluding carboxylic acids is 1. The van der Waals surface area contributed by atoms with Crippen LogP contribution in [0.1, 0.15) is 6.92 Å². The van der Waals surface area contributed by atoms with E-state index < -0.39 is 11.9 Å². The van der Waals surface area contributed by atoms with Crippen molar-refractivity contribution in [2.24, 2.45) is 11.8 Å². The molecule has 1 heterocycles. The second-order valence-corrected chi connectivity index (χ2v) is 3.69. The molecule has 1 saturated heterocycles. The zero-order valence-electron chi connectivity index (χ0n) is 8.56. The molecule has 0 radical (unpaired) electrons. The Balaban J connectivity index is 2.51. The quantitative estimate of drug-likeness (QED) is 0.629. The van der Waals surface area contributed by atoms with Crippen LogP contribution in [0.3, 0.4) is 0 Å². The highest BCUT2D eigenvalue weighted by atomic mass is 16.4. The molecule has 1 aliphatic rings. The van der Waals surface area contributed by atoms with Crippen LogP contribution in [0.15, 0.2) is 0 Å². The van der Waals surface area contributed by atoms with E-state index in [0.717, 1.165) is 0 Å². The predicted molar refractivity (Wildman–Crippen MR) is 54.1 cm³/mol. The summed E-state index contributed by atoms with van der Waals surface area (Å²) < 4.78 is 0. The highest BCUT2D eigenvalue weighted by molar-refractivity contribution is 5.77. The third-order valence-electron chi connectivity index (χ3n) is 2.56. The summed E-state index contributed by atoms with van der Waals surface area (Å²) in [5.74, 6) is 0.955. The highest BCUT2D eigenvalue weighted by Crippen LogP contribution is 2.22. The lowest BCUT2D eigenvalue weighted by Crippen LogP contribution is -2.39. The van der Waals surface area contributed by atoms with E-state index in [4.69, 9.17) is 11.5 Å². The molecule has 1 fully saturated rings. The van der Waals surface area contributed by atoms with Crippen LogP contribution in [0.5, 0.6) is 0 Å². The number of likely N-dealkylation sites (tertiary alicyclic amines) is 1. The predicted octanol–water partition coefficient (Wildman–Crippen LogP) is -0.0183. The first-order valence-electron chi connectivity index (χ1n) is 4.75. The van der Waals surface area contributed by atoms with Crippen LogP contribution in [0, 0.1) is 24.2 Å². The van der Waals surface area contributed by atoms with Gasteiger partial charge in [0.25, 0.3) is 0 Å². The summed E-state index contributed by atoms with van der Waals surface area (Å²) in [5.41, 5.74) is 0. The van der Waals surface area contributed by atoms with Crippen LogP contribution < -0.4 is 5.32 Å². The number of aliphatic carboxylic acids is 1. The number of urea groups is 1. The minimum absolute atomic E-state index is 0.0147. The first-order chi connectivity index (χ1) is 7.06. The van der Waals surface area contributed by atoms with E-state index in [-0.39, 0.29) is 25.0 Å². The minimum Gasteiger partial charge on any atom is -0.481 e. The van der Waals surface area contributed by atoms with Crippen LogP contribution in [-0.2, 0) is 4.79 Å². The largest absolute Gasteiger partial charge is 0.481 e. The smallest absolute Gasteiger partial charge is 0.318 e. The van der Waals surface area contributed by atoms with Gasteiger partial charge in [0.05, 0.1) is 12.5 Å². The lowest BCUT2D eigenvalue weighted by atomic mass is 9.99. The van der Waals surface area contributed by atoms with E-state index in [1.807, 2.05) is 6.92 Å². The van der Waals surface area contributed by atoms with Crippen molar-refractivity contribution in [1.29, 1.82) is 0 Å². The lowest BCUT2D eigenvalue weighted by molar-refractivity contribution is -0.142. The Morgan fingerprint density at radius 2 is 2.27 bits per heavy atom. The van der Waals surface area contributed by atoms with E-state index in [0.29, 0.717) is 6.54 Å². The monoisotopic (exact) mass is 210 g/mol. The fourth-order valence-corrected chi connectivity index (χ4v) is 1.69. The van der Waals surface area contributed by atoms with Gasteiger partial charge in [0.1, 0.15) is 0 Å². The van der Waals surface area contributed by atoms with Crippen molar-refractivity contribution < 1.29 is 14.7 Å². The van der Waals surface area contributed by atoms with E-state index in [9.17, 15) is 9.59 Å². The number of amides is 2.